The van der Waals surface area contributed by atoms with Crippen LogP contribution in [-0.2, 0) is 16.6 Å². The number of benzene rings is 1. The van der Waals surface area contributed by atoms with E-state index in [1.807, 2.05) is 20.8 Å². The molecule has 0 aliphatic carbocycles. The van der Waals surface area contributed by atoms with Gasteiger partial charge in [0.15, 0.2) is 11.5 Å². The van der Waals surface area contributed by atoms with E-state index in [1.54, 1.807) is 35.1 Å². The summed E-state index contributed by atoms with van der Waals surface area (Å²) in [6, 6.07) is 7.68. The summed E-state index contributed by atoms with van der Waals surface area (Å²) in [7, 11) is 0. The molecular weight excluding hydrogens is 307 g/mol. The molecule has 0 bridgehead atoms. The van der Waals surface area contributed by atoms with Gasteiger partial charge >= 0.3 is 0 Å². The van der Waals surface area contributed by atoms with Crippen molar-refractivity contribution in [2.75, 3.05) is 5.32 Å². The maximum absolute atomic E-state index is 13.0. The van der Waals surface area contributed by atoms with E-state index in [0.29, 0.717) is 5.82 Å². The van der Waals surface area contributed by atoms with Crippen LogP contribution in [-0.4, -0.2) is 20.5 Å². The van der Waals surface area contributed by atoms with Gasteiger partial charge < -0.3 is 5.32 Å². The minimum atomic E-state index is -0.319. The first-order valence-electron chi connectivity index (χ1n) is 7.73. The van der Waals surface area contributed by atoms with Crippen molar-refractivity contribution in [2.45, 2.75) is 32.6 Å². The highest BCUT2D eigenvalue weighted by Gasteiger charge is 2.26. The molecule has 24 heavy (non-hydrogen) atoms. The third-order valence-corrected chi connectivity index (χ3v) is 3.68. The molecule has 5 nitrogen and oxygen atoms in total. The lowest BCUT2D eigenvalue weighted by atomic mass is 9.88. The molecule has 0 radical (unpaired) electrons. The van der Waals surface area contributed by atoms with Gasteiger partial charge in [-0.05, 0) is 29.2 Å². The van der Waals surface area contributed by atoms with Crippen molar-refractivity contribution >= 4 is 17.4 Å². The van der Waals surface area contributed by atoms with E-state index in [-0.39, 0.29) is 23.6 Å². The molecule has 2 aromatic heterocycles. The van der Waals surface area contributed by atoms with Crippen LogP contribution in [0.25, 0.3) is 5.65 Å². The third kappa shape index (κ3) is 3.27. The van der Waals surface area contributed by atoms with Crippen LogP contribution in [0.5, 0.6) is 0 Å². The first-order chi connectivity index (χ1) is 11.3. The number of halogens is 1. The van der Waals surface area contributed by atoms with Crippen molar-refractivity contribution in [3.63, 3.8) is 0 Å². The summed E-state index contributed by atoms with van der Waals surface area (Å²) in [5, 5.41) is 7.30. The molecule has 0 saturated heterocycles. The number of carbonyl (C=O) groups excluding carboxylic acids is 1. The molecule has 0 aliphatic heterocycles. The van der Waals surface area contributed by atoms with Crippen molar-refractivity contribution in [2.24, 2.45) is 0 Å². The standard InChI is InChI=1S/C18H19FN4O/c1-18(2,3)15-16(22-23-10-4-9-20-17(15)23)21-14(24)11-12-5-7-13(19)8-6-12/h4-10H,11H2,1-3H3,(H,21,22,24). The van der Waals surface area contributed by atoms with Crippen molar-refractivity contribution in [3.8, 4) is 0 Å². The van der Waals surface area contributed by atoms with Crippen LogP contribution in [0, 0.1) is 5.82 Å². The number of nitrogens with zero attached hydrogens (tertiary/aromatic N) is 3. The predicted octanol–water partition coefficient (Wildman–Crippen LogP) is 3.35. The highest BCUT2D eigenvalue weighted by Crippen LogP contribution is 2.32. The summed E-state index contributed by atoms with van der Waals surface area (Å²) in [4.78, 5) is 16.7. The smallest absolute Gasteiger partial charge is 0.230 e. The molecule has 1 aromatic carbocycles. The lowest BCUT2D eigenvalue weighted by Gasteiger charge is -2.18. The van der Waals surface area contributed by atoms with E-state index < -0.39 is 0 Å². The van der Waals surface area contributed by atoms with Crippen molar-refractivity contribution in [1.29, 1.82) is 0 Å². The topological polar surface area (TPSA) is 59.3 Å². The second kappa shape index (κ2) is 6.03. The van der Waals surface area contributed by atoms with Gasteiger partial charge in [-0.3, -0.25) is 4.79 Å². The minimum absolute atomic E-state index is 0.158. The minimum Gasteiger partial charge on any atom is -0.309 e. The van der Waals surface area contributed by atoms with E-state index in [1.165, 1.54) is 12.1 Å². The molecule has 0 saturated carbocycles. The Morgan fingerprint density at radius 2 is 1.96 bits per heavy atom. The summed E-state index contributed by atoms with van der Waals surface area (Å²) in [6.45, 7) is 6.15. The molecule has 1 amide bonds. The summed E-state index contributed by atoms with van der Waals surface area (Å²) in [5.74, 6) is -0.00979. The van der Waals surface area contributed by atoms with E-state index in [4.69, 9.17) is 0 Å². The number of anilines is 1. The molecule has 124 valence electrons. The van der Waals surface area contributed by atoms with Crippen LogP contribution in [0.2, 0.25) is 0 Å². The lowest BCUT2D eigenvalue weighted by Crippen LogP contribution is -2.19. The average molecular weight is 326 g/mol. The zero-order chi connectivity index (χ0) is 17.3. The molecule has 2 heterocycles. The highest BCUT2D eigenvalue weighted by atomic mass is 19.1. The fourth-order valence-corrected chi connectivity index (χ4v) is 2.63. The van der Waals surface area contributed by atoms with Gasteiger partial charge in [-0.25, -0.2) is 13.9 Å². The first-order valence-corrected chi connectivity index (χ1v) is 7.73. The zero-order valence-electron chi connectivity index (χ0n) is 13.9. The Hall–Kier alpha value is -2.76. The van der Waals surface area contributed by atoms with Gasteiger partial charge in [-0.2, -0.15) is 0 Å². The molecule has 0 unspecified atom stereocenters. The van der Waals surface area contributed by atoms with Gasteiger partial charge in [0.05, 0.1) is 6.42 Å². The Labute approximate surface area is 139 Å². The molecule has 1 N–H and O–H groups in total. The quantitative estimate of drug-likeness (QED) is 0.803. The van der Waals surface area contributed by atoms with E-state index in [2.05, 4.69) is 15.4 Å². The largest absolute Gasteiger partial charge is 0.309 e. The normalized spacial score (nSPS) is 11.7. The average Bonchev–Trinajstić information content (AvgIpc) is 2.87. The number of rotatable bonds is 3. The number of carbonyl (C=O) groups is 1. The molecule has 0 aliphatic rings. The van der Waals surface area contributed by atoms with Crippen LogP contribution < -0.4 is 5.32 Å². The predicted molar refractivity (Wildman–Crippen MR) is 90.4 cm³/mol. The summed E-state index contributed by atoms with van der Waals surface area (Å²) >= 11 is 0. The van der Waals surface area contributed by atoms with E-state index >= 15 is 0 Å². The van der Waals surface area contributed by atoms with Gasteiger partial charge in [0.1, 0.15) is 5.82 Å². The Morgan fingerprint density at radius 1 is 1.25 bits per heavy atom. The first kappa shape index (κ1) is 16.1. The van der Waals surface area contributed by atoms with Crippen molar-refractivity contribution in [1.82, 2.24) is 14.6 Å². The number of hydrogen-bond acceptors (Lipinski definition) is 3. The Kier molecular flexibility index (Phi) is 4.05. The molecule has 0 spiro atoms. The summed E-state index contributed by atoms with van der Waals surface area (Å²) < 4.78 is 14.6. The van der Waals surface area contributed by atoms with Crippen LogP contribution in [0.15, 0.2) is 42.7 Å². The van der Waals surface area contributed by atoms with Gasteiger partial charge in [0.25, 0.3) is 0 Å². The van der Waals surface area contributed by atoms with Crippen LogP contribution >= 0.6 is 0 Å². The van der Waals surface area contributed by atoms with Gasteiger partial charge in [0, 0.05) is 18.0 Å². The van der Waals surface area contributed by atoms with Crippen molar-refractivity contribution < 1.29 is 9.18 Å². The second-order valence-electron chi connectivity index (χ2n) is 6.71. The van der Waals surface area contributed by atoms with Crippen molar-refractivity contribution in [3.05, 3.63) is 59.7 Å². The van der Waals surface area contributed by atoms with Gasteiger partial charge in [-0.1, -0.05) is 32.9 Å². The summed E-state index contributed by atoms with van der Waals surface area (Å²) in [5.41, 5.74) is 2.12. The Balaban J connectivity index is 1.89. The maximum Gasteiger partial charge on any atom is 0.230 e. The van der Waals surface area contributed by atoms with E-state index in [0.717, 1.165) is 16.8 Å². The SMILES string of the molecule is CC(C)(C)c1c(NC(=O)Cc2ccc(F)cc2)nn2cccnc12. The van der Waals surface area contributed by atoms with Crippen LogP contribution in [0.3, 0.4) is 0 Å². The van der Waals surface area contributed by atoms with E-state index in [9.17, 15) is 9.18 Å². The van der Waals surface area contributed by atoms with Crippen LogP contribution in [0.4, 0.5) is 10.2 Å². The summed E-state index contributed by atoms with van der Waals surface area (Å²) in [6.07, 6.45) is 3.66. The highest BCUT2D eigenvalue weighted by molar-refractivity contribution is 5.93. The fourth-order valence-electron chi connectivity index (χ4n) is 2.63. The van der Waals surface area contributed by atoms with Gasteiger partial charge in [0.2, 0.25) is 5.91 Å². The molecular formula is C18H19FN4O. The number of nitrogens with one attached hydrogen (secondary N) is 1. The monoisotopic (exact) mass is 326 g/mol. The number of fused-ring (bicyclic) bond motifs is 1. The molecule has 0 fully saturated rings. The van der Waals surface area contributed by atoms with Crippen LogP contribution in [0.1, 0.15) is 31.9 Å². The molecule has 3 aromatic rings. The third-order valence-electron chi connectivity index (χ3n) is 3.68. The second-order valence-corrected chi connectivity index (χ2v) is 6.71. The molecule has 3 rings (SSSR count). The molecule has 0 atom stereocenters. The number of hydrogen-bond donors (Lipinski definition) is 1. The Morgan fingerprint density at radius 3 is 2.62 bits per heavy atom. The maximum atomic E-state index is 13.0. The Bertz CT molecular complexity index is 878. The number of aromatic nitrogens is 3. The fraction of sp³-hybridized carbons (Fsp3) is 0.278. The molecule has 6 heteroatoms. The zero-order valence-corrected chi connectivity index (χ0v) is 13.9. The van der Waals surface area contributed by atoms with Gasteiger partial charge in [-0.15, -0.1) is 5.10 Å². The lowest BCUT2D eigenvalue weighted by molar-refractivity contribution is -0.115. The number of amides is 1.